The number of halogens is 1. The number of nitrogens with zero attached hydrogens (tertiary/aromatic N) is 2. The van der Waals surface area contributed by atoms with Crippen molar-refractivity contribution in [1.29, 1.82) is 0 Å². The van der Waals surface area contributed by atoms with E-state index < -0.39 is 33.7 Å². The Hall–Kier alpha value is -3.08. The molecular formula is C22H19FN2O5S2. The zero-order valence-electron chi connectivity index (χ0n) is 17.0. The highest BCUT2D eigenvalue weighted by molar-refractivity contribution is 7.91. The van der Waals surface area contributed by atoms with Crippen LogP contribution in [0.15, 0.2) is 70.3 Å². The number of sulfonamides is 1. The van der Waals surface area contributed by atoms with Crippen LogP contribution in [0.25, 0.3) is 0 Å². The van der Waals surface area contributed by atoms with E-state index in [0.29, 0.717) is 17.0 Å². The van der Waals surface area contributed by atoms with E-state index in [1.807, 2.05) is 0 Å². The maximum atomic E-state index is 13.4. The maximum absolute atomic E-state index is 13.4. The second-order valence-corrected chi connectivity index (χ2v) is 10.2. The fourth-order valence-corrected chi connectivity index (χ4v) is 6.19. The Morgan fingerprint density at radius 2 is 1.78 bits per heavy atom. The molecule has 1 atom stereocenters. The topological polar surface area (TPSA) is 84.0 Å². The molecule has 1 aliphatic rings. The summed E-state index contributed by atoms with van der Waals surface area (Å²) in [5.74, 6) is -1.04. The molecule has 0 aliphatic carbocycles. The van der Waals surface area contributed by atoms with Crippen LogP contribution in [-0.2, 0) is 26.2 Å². The van der Waals surface area contributed by atoms with Crippen LogP contribution in [0.1, 0.15) is 12.0 Å². The molecule has 4 rings (SSSR count). The molecule has 2 heterocycles. The zero-order chi connectivity index (χ0) is 22.9. The van der Waals surface area contributed by atoms with Crippen molar-refractivity contribution in [3.63, 3.8) is 0 Å². The van der Waals surface area contributed by atoms with Crippen LogP contribution in [0.3, 0.4) is 0 Å². The largest absolute Gasteiger partial charge is 0.497 e. The Kier molecular flexibility index (Phi) is 6.09. The highest BCUT2D eigenvalue weighted by atomic mass is 32.2. The molecule has 32 heavy (non-hydrogen) atoms. The number of rotatable bonds is 7. The number of imide groups is 1. The van der Waals surface area contributed by atoms with Crippen LogP contribution >= 0.6 is 11.3 Å². The Bertz CT molecular complexity index is 1230. The Labute approximate surface area is 188 Å². The van der Waals surface area contributed by atoms with E-state index in [9.17, 15) is 22.4 Å². The summed E-state index contributed by atoms with van der Waals surface area (Å²) in [5, 5.41) is 1.62. The minimum absolute atomic E-state index is 0.0581. The first-order valence-electron chi connectivity index (χ1n) is 9.62. The van der Waals surface area contributed by atoms with Crippen LogP contribution < -0.4 is 9.64 Å². The SMILES string of the molecule is COc1ccc(N2C(=O)CC(N(Cc3ccc(F)cc3)S(=O)(=O)c3cccs3)C2=O)cc1. The van der Waals surface area contributed by atoms with Crippen LogP contribution in [0, 0.1) is 5.82 Å². The second-order valence-electron chi connectivity index (χ2n) is 7.09. The summed E-state index contributed by atoms with van der Waals surface area (Å²) < 4.78 is 46.3. The lowest BCUT2D eigenvalue weighted by Gasteiger charge is -2.26. The van der Waals surface area contributed by atoms with Crippen LogP contribution in [0.5, 0.6) is 5.75 Å². The summed E-state index contributed by atoms with van der Waals surface area (Å²) in [7, 11) is -2.58. The van der Waals surface area contributed by atoms with Crippen molar-refractivity contribution in [2.24, 2.45) is 0 Å². The van der Waals surface area contributed by atoms with Crippen molar-refractivity contribution >= 4 is 38.9 Å². The molecule has 0 radical (unpaired) electrons. The number of ether oxygens (including phenoxy) is 1. The molecule has 1 unspecified atom stereocenters. The van der Waals surface area contributed by atoms with E-state index in [0.717, 1.165) is 20.5 Å². The van der Waals surface area contributed by atoms with Crippen molar-refractivity contribution in [3.8, 4) is 5.75 Å². The molecule has 1 fully saturated rings. The first-order chi connectivity index (χ1) is 15.3. The fraction of sp³-hybridized carbons (Fsp3) is 0.182. The molecule has 1 saturated heterocycles. The van der Waals surface area contributed by atoms with Crippen molar-refractivity contribution in [2.75, 3.05) is 12.0 Å². The number of thiophene rings is 1. The predicted molar refractivity (Wildman–Crippen MR) is 117 cm³/mol. The number of benzene rings is 2. The minimum atomic E-state index is -4.08. The van der Waals surface area contributed by atoms with E-state index >= 15 is 0 Å². The number of amides is 2. The number of hydrogen-bond donors (Lipinski definition) is 0. The molecule has 0 spiro atoms. The average Bonchev–Trinajstić information content (AvgIpc) is 3.42. The van der Waals surface area contributed by atoms with Crippen LogP contribution in [0.2, 0.25) is 0 Å². The van der Waals surface area contributed by atoms with Gasteiger partial charge in [-0.2, -0.15) is 4.31 Å². The summed E-state index contributed by atoms with van der Waals surface area (Å²) in [5.41, 5.74) is 0.827. The number of carbonyl (C=O) groups is 2. The molecule has 3 aromatic rings. The molecular weight excluding hydrogens is 455 g/mol. The van der Waals surface area contributed by atoms with Gasteiger partial charge in [-0.25, -0.2) is 17.7 Å². The van der Waals surface area contributed by atoms with Gasteiger partial charge in [0.15, 0.2) is 0 Å². The number of hydrogen-bond acceptors (Lipinski definition) is 6. The highest BCUT2D eigenvalue weighted by Gasteiger charge is 2.47. The Morgan fingerprint density at radius 1 is 1.09 bits per heavy atom. The van der Waals surface area contributed by atoms with Gasteiger partial charge in [0, 0.05) is 6.54 Å². The first-order valence-corrected chi connectivity index (χ1v) is 11.9. The molecule has 1 aliphatic heterocycles. The second kappa shape index (κ2) is 8.81. The van der Waals surface area contributed by atoms with Crippen LogP contribution in [0.4, 0.5) is 10.1 Å². The van der Waals surface area contributed by atoms with E-state index in [4.69, 9.17) is 4.74 Å². The van der Waals surface area contributed by atoms with Crippen molar-refractivity contribution in [1.82, 2.24) is 4.31 Å². The Balaban J connectivity index is 1.71. The van der Waals surface area contributed by atoms with Crippen molar-refractivity contribution in [3.05, 3.63) is 77.4 Å². The normalized spacial score (nSPS) is 16.7. The van der Waals surface area contributed by atoms with Crippen LogP contribution in [-0.4, -0.2) is 37.7 Å². The molecule has 0 bridgehead atoms. The van der Waals surface area contributed by atoms with Gasteiger partial charge in [0.2, 0.25) is 5.91 Å². The number of methoxy groups -OCH3 is 1. The summed E-state index contributed by atoms with van der Waals surface area (Å²) in [6.45, 7) is -0.180. The molecule has 7 nitrogen and oxygen atoms in total. The summed E-state index contributed by atoms with van der Waals surface area (Å²) in [6.07, 6.45) is -0.295. The third kappa shape index (κ3) is 4.16. The fourth-order valence-electron chi connectivity index (χ4n) is 3.50. The van der Waals surface area contributed by atoms with Gasteiger partial charge in [0.05, 0.1) is 19.2 Å². The molecule has 1 aromatic heterocycles. The monoisotopic (exact) mass is 474 g/mol. The average molecular weight is 475 g/mol. The Morgan fingerprint density at radius 3 is 2.38 bits per heavy atom. The highest BCUT2D eigenvalue weighted by Crippen LogP contribution is 2.32. The van der Waals surface area contributed by atoms with E-state index in [2.05, 4.69) is 0 Å². The summed E-state index contributed by atoms with van der Waals surface area (Å²) >= 11 is 1.02. The molecule has 2 amide bonds. The van der Waals surface area contributed by atoms with Gasteiger partial charge in [-0.3, -0.25) is 9.59 Å². The zero-order valence-corrected chi connectivity index (χ0v) is 18.6. The lowest BCUT2D eigenvalue weighted by Crippen LogP contribution is -2.44. The number of carbonyl (C=O) groups excluding carboxylic acids is 2. The lowest BCUT2D eigenvalue weighted by molar-refractivity contribution is -0.122. The van der Waals surface area contributed by atoms with Crippen molar-refractivity contribution in [2.45, 2.75) is 23.2 Å². The van der Waals surface area contributed by atoms with Gasteiger partial charge in [-0.15, -0.1) is 11.3 Å². The van der Waals surface area contributed by atoms with Crippen molar-refractivity contribution < 1.29 is 27.1 Å². The van der Waals surface area contributed by atoms with E-state index in [1.54, 1.807) is 35.7 Å². The van der Waals surface area contributed by atoms with E-state index in [-0.39, 0.29) is 17.2 Å². The number of anilines is 1. The minimum Gasteiger partial charge on any atom is -0.497 e. The van der Waals surface area contributed by atoms with Gasteiger partial charge in [0.1, 0.15) is 21.8 Å². The van der Waals surface area contributed by atoms with Gasteiger partial charge in [-0.1, -0.05) is 18.2 Å². The molecule has 166 valence electrons. The standard InChI is InChI=1S/C22H19FN2O5S2/c1-30-18-10-8-17(9-11-18)25-20(26)13-19(22(25)27)24(14-15-4-6-16(23)7-5-15)32(28,29)21-3-2-12-31-21/h2-12,19H,13-14H2,1H3. The van der Waals surface area contributed by atoms with Gasteiger partial charge in [-0.05, 0) is 53.4 Å². The third-order valence-corrected chi connectivity index (χ3v) is 8.34. The summed E-state index contributed by atoms with van der Waals surface area (Å²) in [6, 6.07) is 13.5. The molecule has 0 N–H and O–H groups in total. The quantitative estimate of drug-likeness (QED) is 0.490. The van der Waals surface area contributed by atoms with E-state index in [1.165, 1.54) is 37.4 Å². The van der Waals surface area contributed by atoms with Gasteiger partial charge >= 0.3 is 0 Å². The van der Waals surface area contributed by atoms with Gasteiger partial charge < -0.3 is 4.74 Å². The molecule has 2 aromatic carbocycles. The molecule has 10 heteroatoms. The predicted octanol–water partition coefficient (Wildman–Crippen LogP) is 3.42. The third-order valence-electron chi connectivity index (χ3n) is 5.11. The lowest BCUT2D eigenvalue weighted by atomic mass is 10.2. The molecule has 0 saturated carbocycles. The maximum Gasteiger partial charge on any atom is 0.253 e. The smallest absolute Gasteiger partial charge is 0.253 e. The summed E-state index contributed by atoms with van der Waals surface area (Å²) in [4.78, 5) is 27.0. The first kappa shape index (κ1) is 22.1. The van der Waals surface area contributed by atoms with Gasteiger partial charge in [0.25, 0.3) is 15.9 Å².